The number of piperidine rings is 1. The van der Waals surface area contributed by atoms with E-state index in [-0.39, 0.29) is 12.0 Å². The number of amides is 1. The second-order valence-corrected chi connectivity index (χ2v) is 11.4. The maximum atomic E-state index is 13.2. The first-order valence-electron chi connectivity index (χ1n) is 14.5. The minimum atomic E-state index is -0.204. The number of hydrogen-bond donors (Lipinski definition) is 2. The summed E-state index contributed by atoms with van der Waals surface area (Å²) < 4.78 is 2.34. The van der Waals surface area contributed by atoms with E-state index in [1.807, 2.05) is 55.3 Å². The fraction of sp³-hybridized carbons (Fsp3) is 0.438. The predicted molar refractivity (Wildman–Crippen MR) is 156 cm³/mol. The van der Waals surface area contributed by atoms with Gasteiger partial charge in [0.05, 0.1) is 6.10 Å². The number of likely N-dealkylation sites (tertiary alicyclic amines) is 1. The van der Waals surface area contributed by atoms with Gasteiger partial charge in [0.1, 0.15) is 5.65 Å². The Labute approximate surface area is 235 Å². The van der Waals surface area contributed by atoms with Crippen molar-refractivity contribution in [3.8, 4) is 0 Å². The Balaban J connectivity index is 1.23. The molecule has 0 atom stereocenters. The van der Waals surface area contributed by atoms with Crippen molar-refractivity contribution in [1.29, 1.82) is 0 Å². The fourth-order valence-electron chi connectivity index (χ4n) is 6.39. The average Bonchev–Trinajstić information content (AvgIpc) is 3.35. The van der Waals surface area contributed by atoms with Crippen LogP contribution in [0.4, 0.5) is 5.95 Å². The molecule has 6 rings (SSSR count). The number of aromatic nitrogens is 4. The molecule has 2 fully saturated rings. The quantitative estimate of drug-likeness (QED) is 0.334. The van der Waals surface area contributed by atoms with Crippen molar-refractivity contribution in [2.24, 2.45) is 0 Å². The van der Waals surface area contributed by atoms with Gasteiger partial charge in [0.15, 0.2) is 0 Å². The van der Waals surface area contributed by atoms with Crippen molar-refractivity contribution >= 4 is 22.9 Å². The summed E-state index contributed by atoms with van der Waals surface area (Å²) in [5, 5.41) is 14.6. The number of hydrogen-bond acceptors (Lipinski definition) is 6. The van der Waals surface area contributed by atoms with Crippen molar-refractivity contribution in [3.05, 3.63) is 82.9 Å². The molecule has 0 radical (unpaired) electrons. The minimum Gasteiger partial charge on any atom is -0.393 e. The summed E-state index contributed by atoms with van der Waals surface area (Å²) in [6, 6.07) is 14.4. The number of aliphatic hydroxyl groups is 1. The molecule has 40 heavy (non-hydrogen) atoms. The number of rotatable bonds is 6. The van der Waals surface area contributed by atoms with E-state index in [4.69, 9.17) is 9.97 Å². The zero-order chi connectivity index (χ0) is 27.6. The molecule has 1 saturated carbocycles. The van der Waals surface area contributed by atoms with Gasteiger partial charge in [-0.3, -0.25) is 9.78 Å². The van der Waals surface area contributed by atoms with Crippen LogP contribution in [0.3, 0.4) is 0 Å². The third-order valence-electron chi connectivity index (χ3n) is 8.51. The number of carbonyl (C=O) groups is 1. The predicted octanol–water partition coefficient (Wildman–Crippen LogP) is 5.55. The van der Waals surface area contributed by atoms with E-state index < -0.39 is 0 Å². The van der Waals surface area contributed by atoms with Crippen LogP contribution >= 0.6 is 0 Å². The highest BCUT2D eigenvalue weighted by Gasteiger charge is 2.30. The van der Waals surface area contributed by atoms with Crippen molar-refractivity contribution in [1.82, 2.24) is 24.4 Å². The lowest BCUT2D eigenvalue weighted by atomic mass is 9.89. The van der Waals surface area contributed by atoms with Gasteiger partial charge in [-0.15, -0.1) is 0 Å². The molecule has 0 bridgehead atoms. The molecule has 1 aromatic carbocycles. The van der Waals surface area contributed by atoms with Crippen molar-refractivity contribution < 1.29 is 9.90 Å². The molecule has 0 spiro atoms. The van der Waals surface area contributed by atoms with Crippen LogP contribution in [0.5, 0.6) is 0 Å². The summed E-state index contributed by atoms with van der Waals surface area (Å²) in [4.78, 5) is 29.4. The molecule has 3 aromatic heterocycles. The third-order valence-corrected chi connectivity index (χ3v) is 8.51. The molecule has 4 aromatic rings. The van der Waals surface area contributed by atoms with E-state index in [0.29, 0.717) is 24.5 Å². The lowest BCUT2D eigenvalue weighted by molar-refractivity contribution is 0.0712. The third kappa shape index (κ3) is 5.59. The molecular weight excluding hydrogens is 500 g/mol. The van der Waals surface area contributed by atoms with Crippen LogP contribution in [0.2, 0.25) is 0 Å². The Morgan fingerprint density at radius 2 is 1.68 bits per heavy atom. The van der Waals surface area contributed by atoms with E-state index >= 15 is 0 Å². The van der Waals surface area contributed by atoms with Crippen LogP contribution in [0.15, 0.2) is 54.9 Å². The van der Waals surface area contributed by atoms with Gasteiger partial charge in [-0.05, 0) is 81.5 Å². The van der Waals surface area contributed by atoms with Gasteiger partial charge in [-0.25, -0.2) is 4.98 Å². The molecule has 8 nitrogen and oxygen atoms in total. The van der Waals surface area contributed by atoms with Crippen LogP contribution in [-0.4, -0.2) is 54.6 Å². The minimum absolute atomic E-state index is 0.0905. The highest BCUT2D eigenvalue weighted by atomic mass is 16.3. The Bertz CT molecular complexity index is 1460. The molecule has 1 aliphatic carbocycles. The summed E-state index contributed by atoms with van der Waals surface area (Å²) >= 11 is 0. The number of aliphatic hydroxyl groups excluding tert-OH is 1. The molecule has 1 amide bonds. The van der Waals surface area contributed by atoms with Gasteiger partial charge < -0.3 is 19.9 Å². The SMILES string of the molecule is Cc1cc(C(=O)N2CCC(c3cn([C@H]4CC[C@H](O)CC4)c4nc(NCc5ccccc5)ncc34)CC2)cc(C)n1. The molecule has 2 N–H and O–H groups in total. The van der Waals surface area contributed by atoms with Gasteiger partial charge in [0.2, 0.25) is 5.95 Å². The number of nitrogens with one attached hydrogen (secondary N) is 1. The molecule has 8 heteroatoms. The molecule has 1 aliphatic heterocycles. The first kappa shape index (κ1) is 26.4. The van der Waals surface area contributed by atoms with Crippen molar-refractivity contribution in [3.63, 3.8) is 0 Å². The number of nitrogens with zero attached hydrogens (tertiary/aromatic N) is 5. The lowest BCUT2D eigenvalue weighted by Gasteiger charge is -2.32. The van der Waals surface area contributed by atoms with Gasteiger partial charge in [-0.2, -0.15) is 4.98 Å². The highest BCUT2D eigenvalue weighted by Crippen LogP contribution is 2.38. The van der Waals surface area contributed by atoms with Crippen molar-refractivity contribution in [2.45, 2.75) is 77.0 Å². The van der Waals surface area contributed by atoms with E-state index in [1.54, 1.807) is 0 Å². The molecule has 0 unspecified atom stereocenters. The zero-order valence-corrected chi connectivity index (χ0v) is 23.4. The number of fused-ring (bicyclic) bond motifs is 1. The number of pyridine rings is 1. The molecule has 1 saturated heterocycles. The number of anilines is 1. The fourth-order valence-corrected chi connectivity index (χ4v) is 6.39. The first-order chi connectivity index (χ1) is 19.4. The molecule has 4 heterocycles. The highest BCUT2D eigenvalue weighted by molar-refractivity contribution is 5.94. The summed E-state index contributed by atoms with van der Waals surface area (Å²) in [6.07, 6.45) is 9.40. The van der Waals surface area contributed by atoms with Crippen LogP contribution in [-0.2, 0) is 6.54 Å². The lowest BCUT2D eigenvalue weighted by Crippen LogP contribution is -2.38. The Kier molecular flexibility index (Phi) is 7.52. The number of carbonyl (C=O) groups excluding carboxylic acids is 1. The monoisotopic (exact) mass is 538 g/mol. The zero-order valence-electron chi connectivity index (χ0n) is 23.4. The molecule has 208 valence electrons. The molecule has 2 aliphatic rings. The average molecular weight is 539 g/mol. The summed E-state index contributed by atoms with van der Waals surface area (Å²) in [6.45, 7) is 5.99. The van der Waals surface area contributed by atoms with Gasteiger partial charge in [0, 0.05) is 60.4 Å². The van der Waals surface area contributed by atoms with E-state index in [9.17, 15) is 9.90 Å². The second kappa shape index (κ2) is 11.4. The largest absolute Gasteiger partial charge is 0.393 e. The maximum absolute atomic E-state index is 13.2. The standard InChI is InChI=1S/C32H38N6O2/c1-21-16-25(17-22(2)35-21)31(40)37-14-12-24(13-15-37)29-20-38(26-8-10-27(39)11-9-26)30-28(29)19-34-32(36-30)33-18-23-6-4-3-5-7-23/h3-7,16-17,19-20,24,26-27,39H,8-15,18H2,1-2H3,(H,33,34,36)/t26-,27-. The summed E-state index contributed by atoms with van der Waals surface area (Å²) in [5.74, 6) is 1.06. The Morgan fingerprint density at radius 1 is 0.975 bits per heavy atom. The number of aryl methyl sites for hydroxylation is 2. The first-order valence-corrected chi connectivity index (χ1v) is 14.5. The summed E-state index contributed by atoms with van der Waals surface area (Å²) in [5.41, 5.74) is 5.89. The Hall–Kier alpha value is -3.78. The molecular formula is C32H38N6O2. The topological polar surface area (TPSA) is 96.2 Å². The van der Waals surface area contributed by atoms with Crippen LogP contribution in [0.1, 0.15) is 83.4 Å². The number of benzene rings is 1. The van der Waals surface area contributed by atoms with Gasteiger partial charge in [0.25, 0.3) is 5.91 Å². The Morgan fingerprint density at radius 3 is 2.38 bits per heavy atom. The van der Waals surface area contributed by atoms with Gasteiger partial charge in [-0.1, -0.05) is 30.3 Å². The second-order valence-electron chi connectivity index (χ2n) is 11.4. The van der Waals surface area contributed by atoms with Crippen LogP contribution < -0.4 is 5.32 Å². The van der Waals surface area contributed by atoms with Gasteiger partial charge >= 0.3 is 0 Å². The smallest absolute Gasteiger partial charge is 0.253 e. The summed E-state index contributed by atoms with van der Waals surface area (Å²) in [7, 11) is 0. The maximum Gasteiger partial charge on any atom is 0.253 e. The normalized spacial score (nSPS) is 20.1. The van der Waals surface area contributed by atoms with E-state index in [1.165, 1.54) is 11.1 Å². The van der Waals surface area contributed by atoms with E-state index in [2.05, 4.69) is 33.2 Å². The van der Waals surface area contributed by atoms with Crippen molar-refractivity contribution in [2.75, 3.05) is 18.4 Å². The van der Waals surface area contributed by atoms with E-state index in [0.717, 1.165) is 79.6 Å². The van der Waals surface area contributed by atoms with Crippen LogP contribution in [0, 0.1) is 13.8 Å². The van der Waals surface area contributed by atoms with Crippen LogP contribution in [0.25, 0.3) is 11.0 Å².